The summed E-state index contributed by atoms with van der Waals surface area (Å²) < 4.78 is 5.22. The lowest BCUT2D eigenvalue weighted by Gasteiger charge is -2.18. The predicted octanol–water partition coefficient (Wildman–Crippen LogP) is 3.78. The van der Waals surface area contributed by atoms with Crippen LogP contribution >= 0.6 is 11.3 Å². The van der Waals surface area contributed by atoms with E-state index in [2.05, 4.69) is 29.4 Å². The van der Waals surface area contributed by atoms with Gasteiger partial charge in [0.05, 0.1) is 10.4 Å². The Hall–Kier alpha value is -1.88. The van der Waals surface area contributed by atoms with Gasteiger partial charge in [0.2, 0.25) is 0 Å². The van der Waals surface area contributed by atoms with Crippen molar-refractivity contribution in [3.05, 3.63) is 52.5 Å². The van der Waals surface area contributed by atoms with Crippen LogP contribution in [0.25, 0.3) is 0 Å². The zero-order valence-corrected chi connectivity index (χ0v) is 12.9. The lowest BCUT2D eigenvalue weighted by atomic mass is 10.0. The summed E-state index contributed by atoms with van der Waals surface area (Å²) in [6.45, 7) is 2.39. The first-order valence-electron chi connectivity index (χ1n) is 7.12. The van der Waals surface area contributed by atoms with Crippen LogP contribution < -0.4 is 5.32 Å². The average molecular weight is 304 g/mol. The van der Waals surface area contributed by atoms with Crippen molar-refractivity contribution < 1.29 is 9.53 Å². The Morgan fingerprint density at radius 1 is 1.38 bits per heavy atom. The predicted molar refractivity (Wildman–Crippen MR) is 84.3 cm³/mol. The van der Waals surface area contributed by atoms with Crippen LogP contribution in [0, 0.1) is 0 Å². The van der Waals surface area contributed by atoms with E-state index in [0.717, 1.165) is 24.1 Å². The third kappa shape index (κ3) is 5.55. The van der Waals surface area contributed by atoms with E-state index in [-0.39, 0.29) is 18.7 Å². The molecule has 0 fully saturated rings. The normalized spacial score (nSPS) is 11.9. The highest BCUT2D eigenvalue weighted by Crippen LogP contribution is 2.09. The molecule has 1 amide bonds. The summed E-state index contributed by atoms with van der Waals surface area (Å²) in [5.41, 5.74) is 2.95. The highest BCUT2D eigenvalue weighted by Gasteiger charge is 2.13. The van der Waals surface area contributed by atoms with E-state index in [1.54, 1.807) is 11.7 Å². The first kappa shape index (κ1) is 15.5. The molecule has 4 nitrogen and oxygen atoms in total. The molecule has 0 aliphatic heterocycles. The molecule has 1 atom stereocenters. The second-order valence-electron chi connectivity index (χ2n) is 4.86. The van der Waals surface area contributed by atoms with Crippen molar-refractivity contribution >= 4 is 17.4 Å². The number of hydrogen-bond acceptors (Lipinski definition) is 4. The van der Waals surface area contributed by atoms with Crippen molar-refractivity contribution in [2.24, 2.45) is 0 Å². The highest BCUT2D eigenvalue weighted by molar-refractivity contribution is 7.09. The maximum absolute atomic E-state index is 11.9. The fraction of sp³-hybridized carbons (Fsp3) is 0.375. The van der Waals surface area contributed by atoms with E-state index in [1.807, 2.05) is 18.2 Å². The van der Waals surface area contributed by atoms with Gasteiger partial charge in [-0.1, -0.05) is 43.7 Å². The molecule has 2 rings (SSSR count). The summed E-state index contributed by atoms with van der Waals surface area (Å²) in [6, 6.07) is 10.3. The van der Waals surface area contributed by atoms with Gasteiger partial charge >= 0.3 is 6.09 Å². The zero-order chi connectivity index (χ0) is 14.9. The molecule has 1 aromatic heterocycles. The molecular formula is C16H20N2O2S. The summed E-state index contributed by atoms with van der Waals surface area (Å²) >= 11 is 1.48. The zero-order valence-electron chi connectivity index (χ0n) is 12.1. The molecule has 0 radical (unpaired) electrons. The van der Waals surface area contributed by atoms with Gasteiger partial charge in [-0.15, -0.1) is 11.3 Å². The third-order valence-corrected chi connectivity index (χ3v) is 3.87. The molecule has 0 saturated carbocycles. The van der Waals surface area contributed by atoms with E-state index in [9.17, 15) is 4.79 Å². The molecule has 5 heteroatoms. The van der Waals surface area contributed by atoms with Gasteiger partial charge in [0.1, 0.15) is 6.61 Å². The monoisotopic (exact) mass is 304 g/mol. The minimum Gasteiger partial charge on any atom is -0.444 e. The minimum atomic E-state index is -0.363. The highest BCUT2D eigenvalue weighted by atomic mass is 32.1. The SMILES string of the molecule is CCCC(Cc1ccccc1)NC(=O)OCc1cncs1. The molecule has 0 saturated heterocycles. The van der Waals surface area contributed by atoms with Gasteiger partial charge in [0, 0.05) is 12.2 Å². The molecule has 112 valence electrons. The number of alkyl carbamates (subject to hydrolysis) is 1. The van der Waals surface area contributed by atoms with Crippen molar-refractivity contribution in [3.8, 4) is 0 Å². The molecule has 0 aliphatic rings. The van der Waals surface area contributed by atoms with Crippen LogP contribution in [0.5, 0.6) is 0 Å². The number of hydrogen-bond donors (Lipinski definition) is 1. The Bertz CT molecular complexity index is 528. The Morgan fingerprint density at radius 2 is 2.19 bits per heavy atom. The maximum Gasteiger partial charge on any atom is 0.407 e. The van der Waals surface area contributed by atoms with Gasteiger partial charge in [-0.05, 0) is 18.4 Å². The lowest BCUT2D eigenvalue weighted by Crippen LogP contribution is -2.36. The van der Waals surface area contributed by atoms with E-state index >= 15 is 0 Å². The molecule has 2 aromatic rings. The van der Waals surface area contributed by atoms with Crippen LogP contribution in [0.4, 0.5) is 4.79 Å². The van der Waals surface area contributed by atoms with Crippen LogP contribution in [0.15, 0.2) is 42.0 Å². The molecule has 1 unspecified atom stereocenters. The number of aromatic nitrogens is 1. The minimum absolute atomic E-state index is 0.103. The molecular weight excluding hydrogens is 284 g/mol. The Kier molecular flexibility index (Phi) is 6.22. The van der Waals surface area contributed by atoms with Crippen LogP contribution in [0.2, 0.25) is 0 Å². The van der Waals surface area contributed by atoms with Crippen molar-refractivity contribution in [2.45, 2.75) is 38.8 Å². The number of ether oxygens (including phenoxy) is 1. The van der Waals surface area contributed by atoms with Gasteiger partial charge in [-0.3, -0.25) is 4.98 Å². The van der Waals surface area contributed by atoms with Crippen molar-refractivity contribution in [2.75, 3.05) is 0 Å². The molecule has 21 heavy (non-hydrogen) atoms. The number of nitrogens with zero attached hydrogens (tertiary/aromatic N) is 1. The first-order valence-corrected chi connectivity index (χ1v) is 8.00. The maximum atomic E-state index is 11.9. The summed E-state index contributed by atoms with van der Waals surface area (Å²) in [7, 11) is 0. The molecule has 1 aromatic carbocycles. The smallest absolute Gasteiger partial charge is 0.407 e. The number of rotatable bonds is 7. The Labute approximate surface area is 129 Å². The second kappa shape index (κ2) is 8.42. The summed E-state index contributed by atoms with van der Waals surface area (Å²) in [4.78, 5) is 16.8. The summed E-state index contributed by atoms with van der Waals surface area (Å²) in [5.74, 6) is 0. The van der Waals surface area contributed by atoms with Gasteiger partial charge in [-0.25, -0.2) is 4.79 Å². The van der Waals surface area contributed by atoms with Gasteiger partial charge in [0.25, 0.3) is 0 Å². The Balaban J connectivity index is 1.82. The summed E-state index contributed by atoms with van der Waals surface area (Å²) in [6.07, 6.45) is 4.13. The van der Waals surface area contributed by atoms with Crippen LogP contribution in [0.3, 0.4) is 0 Å². The summed E-state index contributed by atoms with van der Waals surface area (Å²) in [5, 5.41) is 2.95. The molecule has 1 N–H and O–H groups in total. The number of nitrogens with one attached hydrogen (secondary N) is 1. The number of carbonyl (C=O) groups excluding carboxylic acids is 1. The number of amides is 1. The van der Waals surface area contributed by atoms with Crippen molar-refractivity contribution in [3.63, 3.8) is 0 Å². The lowest BCUT2D eigenvalue weighted by molar-refractivity contribution is 0.136. The third-order valence-electron chi connectivity index (χ3n) is 3.11. The first-order chi connectivity index (χ1) is 10.3. The van der Waals surface area contributed by atoms with Crippen molar-refractivity contribution in [1.82, 2.24) is 10.3 Å². The van der Waals surface area contributed by atoms with Crippen LogP contribution in [-0.2, 0) is 17.8 Å². The quantitative estimate of drug-likeness (QED) is 0.847. The van der Waals surface area contributed by atoms with E-state index in [1.165, 1.54) is 16.9 Å². The number of carbonyl (C=O) groups is 1. The standard InChI is InChI=1S/C16H20N2O2S/c1-2-6-14(9-13-7-4-3-5-8-13)18-16(19)20-11-15-10-17-12-21-15/h3-5,7-8,10,12,14H,2,6,9,11H2,1H3,(H,18,19). The fourth-order valence-corrected chi connectivity index (χ4v) is 2.64. The average Bonchev–Trinajstić information content (AvgIpc) is 3.00. The van der Waals surface area contributed by atoms with Gasteiger partial charge in [-0.2, -0.15) is 0 Å². The molecule has 0 spiro atoms. The molecule has 1 heterocycles. The Morgan fingerprint density at radius 3 is 2.86 bits per heavy atom. The van der Waals surface area contributed by atoms with Crippen LogP contribution in [0.1, 0.15) is 30.2 Å². The topological polar surface area (TPSA) is 51.2 Å². The fourth-order valence-electron chi connectivity index (χ4n) is 2.13. The molecule has 0 bridgehead atoms. The number of benzene rings is 1. The van der Waals surface area contributed by atoms with Crippen LogP contribution in [-0.4, -0.2) is 17.1 Å². The molecule has 0 aliphatic carbocycles. The van der Waals surface area contributed by atoms with Crippen molar-refractivity contribution in [1.29, 1.82) is 0 Å². The van der Waals surface area contributed by atoms with E-state index in [4.69, 9.17) is 4.74 Å². The second-order valence-corrected chi connectivity index (χ2v) is 5.83. The van der Waals surface area contributed by atoms with E-state index in [0.29, 0.717) is 0 Å². The largest absolute Gasteiger partial charge is 0.444 e. The van der Waals surface area contributed by atoms with Gasteiger partial charge in [0.15, 0.2) is 0 Å². The van der Waals surface area contributed by atoms with Gasteiger partial charge < -0.3 is 10.1 Å². The van der Waals surface area contributed by atoms with E-state index < -0.39 is 0 Å². The number of thiazole rings is 1.